The Bertz CT molecular complexity index is 715. The molecule has 0 amide bonds. The molecule has 124 valence electrons. The highest BCUT2D eigenvalue weighted by atomic mass is 32.2. The van der Waals surface area contributed by atoms with Crippen LogP contribution in [0.15, 0.2) is 33.1 Å². The van der Waals surface area contributed by atoms with E-state index in [1.165, 1.54) is 23.9 Å². The molecule has 0 aliphatic heterocycles. The number of halogens is 2. The van der Waals surface area contributed by atoms with Gasteiger partial charge in [-0.3, -0.25) is 0 Å². The molecular formula is C15H19F2N5S. The second kappa shape index (κ2) is 6.99. The van der Waals surface area contributed by atoms with E-state index in [1.54, 1.807) is 0 Å². The van der Waals surface area contributed by atoms with Crippen molar-refractivity contribution in [2.45, 2.75) is 36.2 Å². The fourth-order valence-corrected chi connectivity index (χ4v) is 3.24. The Labute approximate surface area is 137 Å². The van der Waals surface area contributed by atoms with Crippen LogP contribution in [0.5, 0.6) is 0 Å². The van der Waals surface area contributed by atoms with Gasteiger partial charge in [0.25, 0.3) is 0 Å². The molecule has 1 heterocycles. The molecule has 8 heteroatoms. The van der Waals surface area contributed by atoms with Gasteiger partial charge in [-0.25, -0.2) is 18.8 Å². The summed E-state index contributed by atoms with van der Waals surface area (Å²) in [6.07, 6.45) is 0. The standard InChI is InChI=1S/C15H19F2N5S/c1-8(2)13-14(22(3)12(21-13)7-20-15(18)19)23-11-5-9(16)4-10(17)6-11/h4-6,8H,7H2,1-3H3,(H4,18,19,20). The Morgan fingerprint density at radius 1 is 1.26 bits per heavy atom. The first-order chi connectivity index (χ1) is 10.8. The first-order valence-corrected chi connectivity index (χ1v) is 7.84. The molecule has 2 aromatic rings. The quantitative estimate of drug-likeness (QED) is 0.648. The third-order valence-corrected chi connectivity index (χ3v) is 4.31. The van der Waals surface area contributed by atoms with E-state index in [0.717, 1.165) is 16.8 Å². The molecule has 2 rings (SSSR count). The average molecular weight is 339 g/mol. The van der Waals surface area contributed by atoms with Crippen LogP contribution in [0.25, 0.3) is 0 Å². The molecule has 1 aromatic heterocycles. The lowest BCUT2D eigenvalue weighted by molar-refractivity contribution is 0.577. The van der Waals surface area contributed by atoms with E-state index in [-0.39, 0.29) is 18.4 Å². The SMILES string of the molecule is CC(C)c1nc(CN=C(N)N)n(C)c1Sc1cc(F)cc(F)c1. The van der Waals surface area contributed by atoms with Gasteiger partial charge in [0.1, 0.15) is 29.0 Å². The minimum atomic E-state index is -0.610. The summed E-state index contributed by atoms with van der Waals surface area (Å²) in [5, 5.41) is 0.811. The van der Waals surface area contributed by atoms with Gasteiger partial charge in [0.05, 0.1) is 5.69 Å². The largest absolute Gasteiger partial charge is 0.370 e. The predicted octanol–water partition coefficient (Wildman–Crippen LogP) is 2.75. The zero-order valence-electron chi connectivity index (χ0n) is 13.2. The summed E-state index contributed by atoms with van der Waals surface area (Å²) < 4.78 is 28.6. The van der Waals surface area contributed by atoms with Crippen LogP contribution in [0.2, 0.25) is 0 Å². The summed E-state index contributed by atoms with van der Waals surface area (Å²) >= 11 is 1.26. The summed E-state index contributed by atoms with van der Waals surface area (Å²) in [7, 11) is 1.83. The number of benzene rings is 1. The number of hydrogen-bond acceptors (Lipinski definition) is 3. The first kappa shape index (κ1) is 17.3. The van der Waals surface area contributed by atoms with Crippen LogP contribution in [0.3, 0.4) is 0 Å². The van der Waals surface area contributed by atoms with E-state index in [9.17, 15) is 8.78 Å². The van der Waals surface area contributed by atoms with Crippen molar-refractivity contribution in [3.05, 3.63) is 41.4 Å². The Morgan fingerprint density at radius 2 is 1.87 bits per heavy atom. The van der Waals surface area contributed by atoms with Gasteiger partial charge in [-0.1, -0.05) is 25.6 Å². The van der Waals surface area contributed by atoms with Crippen molar-refractivity contribution in [2.75, 3.05) is 0 Å². The molecule has 0 radical (unpaired) electrons. The fourth-order valence-electron chi connectivity index (χ4n) is 2.05. The lowest BCUT2D eigenvalue weighted by Crippen LogP contribution is -2.22. The first-order valence-electron chi connectivity index (χ1n) is 7.02. The third-order valence-electron chi connectivity index (χ3n) is 3.16. The van der Waals surface area contributed by atoms with Gasteiger partial charge in [-0.15, -0.1) is 0 Å². The number of nitrogens with two attached hydrogens (primary N) is 2. The topological polar surface area (TPSA) is 82.2 Å². The number of aliphatic imine (C=N–C) groups is 1. The molecule has 0 fully saturated rings. The van der Waals surface area contributed by atoms with E-state index < -0.39 is 11.6 Å². The van der Waals surface area contributed by atoms with Crippen molar-refractivity contribution in [3.8, 4) is 0 Å². The summed E-state index contributed by atoms with van der Waals surface area (Å²) in [6, 6.07) is 3.43. The maximum absolute atomic E-state index is 13.4. The zero-order valence-corrected chi connectivity index (χ0v) is 14.0. The Balaban J connectivity index is 2.41. The number of hydrogen-bond donors (Lipinski definition) is 2. The van der Waals surface area contributed by atoms with E-state index in [4.69, 9.17) is 11.5 Å². The van der Waals surface area contributed by atoms with Gasteiger partial charge in [0.2, 0.25) is 0 Å². The van der Waals surface area contributed by atoms with Crippen LogP contribution < -0.4 is 11.5 Å². The lowest BCUT2D eigenvalue weighted by atomic mass is 10.2. The molecule has 4 N–H and O–H groups in total. The second-order valence-corrected chi connectivity index (χ2v) is 6.44. The molecular weight excluding hydrogens is 320 g/mol. The number of guanidine groups is 1. The minimum absolute atomic E-state index is 0.0134. The molecule has 0 atom stereocenters. The van der Waals surface area contributed by atoms with Crippen molar-refractivity contribution in [2.24, 2.45) is 23.5 Å². The highest BCUT2D eigenvalue weighted by Gasteiger charge is 2.18. The average Bonchev–Trinajstić information content (AvgIpc) is 2.73. The lowest BCUT2D eigenvalue weighted by Gasteiger charge is -2.09. The molecule has 0 saturated heterocycles. The van der Waals surface area contributed by atoms with Crippen molar-refractivity contribution < 1.29 is 8.78 Å². The van der Waals surface area contributed by atoms with Gasteiger partial charge in [-0.2, -0.15) is 0 Å². The van der Waals surface area contributed by atoms with Crippen LogP contribution in [0.1, 0.15) is 31.3 Å². The van der Waals surface area contributed by atoms with E-state index in [1.807, 2.05) is 25.5 Å². The molecule has 1 aromatic carbocycles. The van der Waals surface area contributed by atoms with Crippen molar-refractivity contribution >= 4 is 17.7 Å². The summed E-state index contributed by atoms with van der Waals surface area (Å²) in [5.74, 6) is -0.403. The molecule has 0 saturated carbocycles. The Hall–Kier alpha value is -2.09. The van der Waals surface area contributed by atoms with Crippen LogP contribution in [-0.4, -0.2) is 15.5 Å². The van der Waals surface area contributed by atoms with Gasteiger partial charge >= 0.3 is 0 Å². The Kier molecular flexibility index (Phi) is 5.25. The van der Waals surface area contributed by atoms with Crippen molar-refractivity contribution in [3.63, 3.8) is 0 Å². The maximum Gasteiger partial charge on any atom is 0.186 e. The van der Waals surface area contributed by atoms with Gasteiger partial charge in [0.15, 0.2) is 5.96 Å². The maximum atomic E-state index is 13.4. The number of aromatic nitrogens is 2. The second-order valence-electron chi connectivity index (χ2n) is 5.38. The smallest absolute Gasteiger partial charge is 0.186 e. The number of imidazole rings is 1. The molecule has 23 heavy (non-hydrogen) atoms. The summed E-state index contributed by atoms with van der Waals surface area (Å²) in [6.45, 7) is 4.25. The van der Waals surface area contributed by atoms with E-state index in [0.29, 0.717) is 10.7 Å². The molecule has 0 aliphatic rings. The summed E-state index contributed by atoms with van der Waals surface area (Å²) in [4.78, 5) is 9.00. The molecule has 0 spiro atoms. The van der Waals surface area contributed by atoms with Gasteiger partial charge in [-0.05, 0) is 18.1 Å². The molecule has 5 nitrogen and oxygen atoms in total. The minimum Gasteiger partial charge on any atom is -0.370 e. The van der Waals surface area contributed by atoms with Crippen LogP contribution in [0, 0.1) is 11.6 Å². The number of rotatable bonds is 5. The van der Waals surface area contributed by atoms with Crippen LogP contribution in [-0.2, 0) is 13.6 Å². The third kappa shape index (κ3) is 4.22. The summed E-state index contributed by atoms with van der Waals surface area (Å²) in [5.41, 5.74) is 11.5. The fraction of sp³-hybridized carbons (Fsp3) is 0.333. The number of nitrogens with zero attached hydrogens (tertiary/aromatic N) is 3. The van der Waals surface area contributed by atoms with Crippen molar-refractivity contribution in [1.82, 2.24) is 9.55 Å². The van der Waals surface area contributed by atoms with Gasteiger partial charge < -0.3 is 16.0 Å². The highest BCUT2D eigenvalue weighted by molar-refractivity contribution is 7.99. The monoisotopic (exact) mass is 339 g/mol. The molecule has 0 aliphatic carbocycles. The van der Waals surface area contributed by atoms with Crippen molar-refractivity contribution in [1.29, 1.82) is 0 Å². The van der Waals surface area contributed by atoms with E-state index >= 15 is 0 Å². The normalized spacial score (nSPS) is 11.0. The predicted molar refractivity (Wildman–Crippen MR) is 87.3 cm³/mol. The molecule has 0 bridgehead atoms. The Morgan fingerprint density at radius 3 is 2.39 bits per heavy atom. The van der Waals surface area contributed by atoms with Gasteiger partial charge in [0, 0.05) is 18.0 Å². The molecule has 0 unspecified atom stereocenters. The van der Waals surface area contributed by atoms with E-state index in [2.05, 4.69) is 9.98 Å². The van der Waals surface area contributed by atoms with Crippen LogP contribution in [0.4, 0.5) is 8.78 Å². The van der Waals surface area contributed by atoms with Crippen LogP contribution >= 0.6 is 11.8 Å². The highest BCUT2D eigenvalue weighted by Crippen LogP contribution is 2.35. The zero-order chi connectivity index (χ0) is 17.1.